The molecule has 0 amide bonds. The second kappa shape index (κ2) is 6.70. The minimum Gasteiger partial charge on any atom is -0.465 e. The molecule has 5 nitrogen and oxygen atoms in total. The van der Waals surface area contributed by atoms with Crippen LogP contribution in [0.3, 0.4) is 0 Å². The summed E-state index contributed by atoms with van der Waals surface area (Å²) in [5.41, 5.74) is 3.20. The topological polar surface area (TPSA) is 64.1 Å². The molecule has 2 aromatic carbocycles. The molecule has 0 unspecified atom stereocenters. The molecule has 0 saturated carbocycles. The zero-order chi connectivity index (χ0) is 16.1. The van der Waals surface area contributed by atoms with Crippen molar-refractivity contribution in [3.05, 3.63) is 72.6 Å². The number of methoxy groups -OCH3 is 1. The molecule has 0 bridgehead atoms. The van der Waals surface area contributed by atoms with Crippen LogP contribution in [0.2, 0.25) is 0 Å². The van der Waals surface area contributed by atoms with Crippen molar-refractivity contribution in [2.24, 2.45) is 0 Å². The molecule has 0 aliphatic rings. The van der Waals surface area contributed by atoms with Gasteiger partial charge in [-0.3, -0.25) is 0 Å². The molecule has 1 N–H and O–H groups in total. The number of esters is 1. The molecule has 0 radical (unpaired) electrons. The van der Waals surface area contributed by atoms with Gasteiger partial charge in [0.1, 0.15) is 0 Å². The van der Waals surface area contributed by atoms with Gasteiger partial charge in [0.05, 0.1) is 12.7 Å². The van der Waals surface area contributed by atoms with Crippen LogP contribution in [0, 0.1) is 0 Å². The maximum atomic E-state index is 11.5. The Labute approximate surface area is 134 Å². The van der Waals surface area contributed by atoms with E-state index >= 15 is 0 Å². The van der Waals surface area contributed by atoms with Crippen LogP contribution in [-0.4, -0.2) is 23.0 Å². The molecule has 0 saturated heterocycles. The fraction of sp³-hybridized carbons (Fsp3) is 0.0556. The average Bonchev–Trinajstić information content (AvgIpc) is 2.62. The fourth-order valence-corrected chi connectivity index (χ4v) is 2.14. The maximum absolute atomic E-state index is 11.5. The van der Waals surface area contributed by atoms with Crippen molar-refractivity contribution in [2.45, 2.75) is 0 Å². The summed E-state index contributed by atoms with van der Waals surface area (Å²) in [6.07, 6.45) is 3.52. The van der Waals surface area contributed by atoms with Gasteiger partial charge in [0.2, 0.25) is 5.95 Å². The molecular formula is C18H15N3O2. The zero-order valence-electron chi connectivity index (χ0n) is 12.6. The van der Waals surface area contributed by atoms with Crippen LogP contribution in [-0.2, 0) is 4.74 Å². The lowest BCUT2D eigenvalue weighted by molar-refractivity contribution is 0.0601. The third kappa shape index (κ3) is 3.52. The second-order valence-electron chi connectivity index (χ2n) is 4.86. The predicted octanol–water partition coefficient (Wildman–Crippen LogP) is 3.67. The monoisotopic (exact) mass is 305 g/mol. The molecule has 3 aromatic rings. The summed E-state index contributed by atoms with van der Waals surface area (Å²) in [5.74, 6) is 0.0840. The van der Waals surface area contributed by atoms with Gasteiger partial charge in [0.25, 0.3) is 0 Å². The number of carbonyl (C=O) groups is 1. The molecule has 23 heavy (non-hydrogen) atoms. The molecule has 1 aromatic heterocycles. The first-order valence-electron chi connectivity index (χ1n) is 7.09. The molecule has 3 rings (SSSR count). The summed E-state index contributed by atoms with van der Waals surface area (Å²) in [4.78, 5) is 20.2. The van der Waals surface area contributed by atoms with E-state index in [1.807, 2.05) is 36.4 Å². The molecule has 0 atom stereocenters. The number of nitrogens with zero attached hydrogens (tertiary/aromatic N) is 2. The highest BCUT2D eigenvalue weighted by Crippen LogP contribution is 2.19. The molecule has 5 heteroatoms. The van der Waals surface area contributed by atoms with Crippen molar-refractivity contribution < 1.29 is 9.53 Å². The zero-order valence-corrected chi connectivity index (χ0v) is 12.6. The normalized spacial score (nSPS) is 10.1. The van der Waals surface area contributed by atoms with Crippen LogP contribution < -0.4 is 5.32 Å². The molecule has 0 aliphatic heterocycles. The summed E-state index contributed by atoms with van der Waals surface area (Å²) in [7, 11) is 1.36. The molecule has 0 fully saturated rings. The minimum atomic E-state index is -0.381. The Morgan fingerprint density at radius 3 is 2.39 bits per heavy atom. The highest BCUT2D eigenvalue weighted by Gasteiger charge is 2.06. The Balaban J connectivity index is 1.77. The number of carbonyl (C=O) groups excluding carboxylic acids is 1. The van der Waals surface area contributed by atoms with Gasteiger partial charge < -0.3 is 10.1 Å². The summed E-state index contributed by atoms with van der Waals surface area (Å²) in [5, 5.41) is 3.07. The van der Waals surface area contributed by atoms with Crippen LogP contribution in [0.25, 0.3) is 11.1 Å². The van der Waals surface area contributed by atoms with Crippen molar-refractivity contribution in [3.63, 3.8) is 0 Å². The number of nitrogens with one attached hydrogen (secondary N) is 1. The van der Waals surface area contributed by atoms with Crippen LogP contribution in [0.4, 0.5) is 11.6 Å². The van der Waals surface area contributed by atoms with E-state index in [1.165, 1.54) is 7.11 Å². The Hall–Kier alpha value is -3.21. The van der Waals surface area contributed by atoms with Gasteiger partial charge in [-0.25, -0.2) is 14.8 Å². The number of hydrogen-bond acceptors (Lipinski definition) is 5. The number of hydrogen-bond donors (Lipinski definition) is 1. The van der Waals surface area contributed by atoms with E-state index in [9.17, 15) is 4.79 Å². The van der Waals surface area contributed by atoms with E-state index < -0.39 is 0 Å². The van der Waals surface area contributed by atoms with Crippen molar-refractivity contribution in [3.8, 4) is 11.1 Å². The van der Waals surface area contributed by atoms with Gasteiger partial charge in [0, 0.05) is 23.6 Å². The Kier molecular flexibility index (Phi) is 4.29. The van der Waals surface area contributed by atoms with Gasteiger partial charge in [-0.05, 0) is 23.8 Å². The quantitative estimate of drug-likeness (QED) is 0.745. The van der Waals surface area contributed by atoms with Gasteiger partial charge in [0.15, 0.2) is 0 Å². The lowest BCUT2D eigenvalue weighted by atomic mass is 10.1. The van der Waals surface area contributed by atoms with Gasteiger partial charge >= 0.3 is 5.97 Å². The third-order valence-corrected chi connectivity index (χ3v) is 3.30. The first-order chi connectivity index (χ1) is 11.3. The van der Waals surface area contributed by atoms with E-state index in [0.29, 0.717) is 11.5 Å². The number of benzene rings is 2. The van der Waals surface area contributed by atoms with Crippen LogP contribution in [0.5, 0.6) is 0 Å². The van der Waals surface area contributed by atoms with Crippen LogP contribution in [0.1, 0.15) is 10.4 Å². The summed E-state index contributed by atoms with van der Waals surface area (Å²) < 4.78 is 4.71. The third-order valence-electron chi connectivity index (χ3n) is 3.30. The van der Waals surface area contributed by atoms with Crippen molar-refractivity contribution in [1.82, 2.24) is 9.97 Å². The van der Waals surface area contributed by atoms with E-state index in [2.05, 4.69) is 15.3 Å². The number of ether oxygens (including phenoxy) is 1. The Morgan fingerprint density at radius 1 is 0.957 bits per heavy atom. The molecule has 114 valence electrons. The lowest BCUT2D eigenvalue weighted by Gasteiger charge is -2.07. The molecular weight excluding hydrogens is 290 g/mol. The van der Waals surface area contributed by atoms with E-state index in [-0.39, 0.29) is 5.97 Å². The minimum absolute atomic E-state index is 0.381. The largest absolute Gasteiger partial charge is 0.465 e. The Bertz CT molecular complexity index is 802. The summed E-state index contributed by atoms with van der Waals surface area (Å²) in [6, 6.07) is 16.9. The standard InChI is InChI=1S/C18H15N3O2/c1-23-17(22)14-8-5-9-16(10-14)21-18-19-11-15(12-20-18)13-6-3-2-4-7-13/h2-12H,1H3,(H,19,20,21). The molecule has 0 spiro atoms. The summed E-state index contributed by atoms with van der Waals surface area (Å²) in [6.45, 7) is 0. The van der Waals surface area contributed by atoms with E-state index in [4.69, 9.17) is 4.74 Å². The SMILES string of the molecule is COC(=O)c1cccc(Nc2ncc(-c3ccccc3)cn2)c1. The first-order valence-corrected chi connectivity index (χ1v) is 7.09. The summed E-state index contributed by atoms with van der Waals surface area (Å²) >= 11 is 0. The average molecular weight is 305 g/mol. The fourth-order valence-electron chi connectivity index (χ4n) is 2.14. The molecule has 1 heterocycles. The van der Waals surface area contributed by atoms with Gasteiger partial charge in [-0.1, -0.05) is 36.4 Å². The highest BCUT2D eigenvalue weighted by molar-refractivity contribution is 5.90. The van der Waals surface area contributed by atoms with E-state index in [0.717, 1.165) is 16.8 Å². The van der Waals surface area contributed by atoms with E-state index in [1.54, 1.807) is 30.6 Å². The van der Waals surface area contributed by atoms with Crippen LogP contribution in [0.15, 0.2) is 67.0 Å². The van der Waals surface area contributed by atoms with Crippen molar-refractivity contribution in [2.75, 3.05) is 12.4 Å². The second-order valence-corrected chi connectivity index (χ2v) is 4.86. The number of aromatic nitrogens is 2. The predicted molar refractivity (Wildman–Crippen MR) is 88.5 cm³/mol. The number of anilines is 2. The Morgan fingerprint density at radius 2 is 1.70 bits per heavy atom. The highest BCUT2D eigenvalue weighted by atomic mass is 16.5. The van der Waals surface area contributed by atoms with Crippen LogP contribution >= 0.6 is 0 Å². The maximum Gasteiger partial charge on any atom is 0.337 e. The number of rotatable bonds is 4. The smallest absolute Gasteiger partial charge is 0.337 e. The van der Waals surface area contributed by atoms with Gasteiger partial charge in [-0.15, -0.1) is 0 Å². The lowest BCUT2D eigenvalue weighted by Crippen LogP contribution is -2.02. The van der Waals surface area contributed by atoms with Crippen molar-refractivity contribution >= 4 is 17.6 Å². The molecule has 0 aliphatic carbocycles. The van der Waals surface area contributed by atoms with Gasteiger partial charge in [-0.2, -0.15) is 0 Å². The first kappa shape index (κ1) is 14.7. The van der Waals surface area contributed by atoms with Crippen molar-refractivity contribution in [1.29, 1.82) is 0 Å².